The average Bonchev–Trinajstić information content (AvgIpc) is 1.38. The molecule has 40 valence electrons. The Kier molecular flexibility index (Phi) is 8.17. The van der Waals surface area contributed by atoms with Crippen molar-refractivity contribution >= 4 is 12.4 Å². The fourth-order valence-corrected chi connectivity index (χ4v) is 0. The van der Waals surface area contributed by atoms with Crippen molar-refractivity contribution in [3.63, 3.8) is 0 Å². The van der Waals surface area contributed by atoms with Gasteiger partial charge in [0.25, 0.3) is 0 Å². The molecule has 0 fully saturated rings. The van der Waals surface area contributed by atoms with Gasteiger partial charge in [0.1, 0.15) is 0 Å². The molecule has 0 rings (SSSR count). The minimum atomic E-state index is 0. The maximum absolute atomic E-state index is 4.90. The Hall–Kier alpha value is 0.170. The van der Waals surface area contributed by atoms with E-state index < -0.39 is 0 Å². The van der Waals surface area contributed by atoms with Gasteiger partial charge in [-0.3, -0.25) is 11.7 Å². The van der Waals surface area contributed by atoms with Gasteiger partial charge >= 0.3 is 0 Å². The molecule has 0 spiro atoms. The van der Waals surface area contributed by atoms with Gasteiger partial charge in [-0.15, -0.1) is 12.4 Å². The second kappa shape index (κ2) is 5.17. The summed E-state index contributed by atoms with van der Waals surface area (Å²) in [5.74, 6) is 9.81. The zero-order valence-electron chi connectivity index (χ0n) is 3.72. The number of rotatable bonds is 1. The van der Waals surface area contributed by atoms with Crippen LogP contribution < -0.4 is 11.7 Å². The Labute approximate surface area is 43.6 Å². The van der Waals surface area contributed by atoms with Gasteiger partial charge < -0.3 is 0 Å². The van der Waals surface area contributed by atoms with E-state index in [0.717, 1.165) is 5.12 Å². The summed E-state index contributed by atoms with van der Waals surface area (Å²) >= 11 is 0. The van der Waals surface area contributed by atoms with Crippen LogP contribution in [0, 0.1) is 0 Å². The third-order valence-electron chi connectivity index (χ3n) is 0.365. The highest BCUT2D eigenvalue weighted by atomic mass is 35.5. The molecule has 0 atom stereocenters. The fourth-order valence-electron chi connectivity index (χ4n) is 0. The van der Waals surface area contributed by atoms with E-state index in [1.807, 2.05) is 6.92 Å². The van der Waals surface area contributed by atoms with Gasteiger partial charge in [0.15, 0.2) is 0 Å². The third kappa shape index (κ3) is 8.90. The Morgan fingerprint density at radius 1 is 1.50 bits per heavy atom. The average molecular weight is 112 g/mol. The van der Waals surface area contributed by atoms with Crippen LogP contribution in [-0.2, 0) is 0 Å². The standard InChI is InChI=1S/C2H9N3.ClH/c1-2-5(3)4;/h2-4H2,1H3;1H. The van der Waals surface area contributed by atoms with Crippen LogP contribution in [0.1, 0.15) is 6.92 Å². The number of nitrogens with two attached hydrogens (primary N) is 2. The molecule has 3 nitrogen and oxygen atoms in total. The molecule has 4 N–H and O–H groups in total. The smallest absolute Gasteiger partial charge is 0.0254 e. The Morgan fingerprint density at radius 3 is 1.67 bits per heavy atom. The van der Waals surface area contributed by atoms with Gasteiger partial charge in [-0.2, -0.15) is 5.12 Å². The van der Waals surface area contributed by atoms with E-state index in [-0.39, 0.29) is 12.4 Å². The lowest BCUT2D eigenvalue weighted by Gasteiger charge is -2.00. The SMILES string of the molecule is CCN(N)N.Cl. The van der Waals surface area contributed by atoms with E-state index in [1.54, 1.807) is 0 Å². The number of hydrogen-bond acceptors (Lipinski definition) is 3. The molecule has 0 bridgehead atoms. The van der Waals surface area contributed by atoms with Crippen LogP contribution in [0.4, 0.5) is 0 Å². The molecule has 0 aliphatic carbocycles. The van der Waals surface area contributed by atoms with E-state index in [9.17, 15) is 0 Å². The predicted molar refractivity (Wildman–Crippen MR) is 28.0 cm³/mol. The summed E-state index contributed by atoms with van der Waals surface area (Å²) in [5, 5.41) is 1.12. The summed E-state index contributed by atoms with van der Waals surface area (Å²) in [4.78, 5) is 0. The molecule has 0 saturated carbocycles. The minimum Gasteiger partial charge on any atom is -0.255 e. The van der Waals surface area contributed by atoms with Crippen molar-refractivity contribution in [2.24, 2.45) is 11.7 Å². The van der Waals surface area contributed by atoms with Crippen LogP contribution in [-0.4, -0.2) is 11.7 Å². The molecule has 0 radical (unpaired) electrons. The number of hydrazine groups is 2. The van der Waals surface area contributed by atoms with Crippen LogP contribution >= 0.6 is 12.4 Å². The van der Waals surface area contributed by atoms with Crippen LogP contribution in [0.2, 0.25) is 0 Å². The van der Waals surface area contributed by atoms with Gasteiger partial charge in [0.2, 0.25) is 0 Å². The van der Waals surface area contributed by atoms with Crippen LogP contribution in [0.25, 0.3) is 0 Å². The normalized spacial score (nSPS) is 8.00. The van der Waals surface area contributed by atoms with E-state index in [4.69, 9.17) is 11.7 Å². The zero-order chi connectivity index (χ0) is 4.28. The number of halogens is 1. The summed E-state index contributed by atoms with van der Waals surface area (Å²) in [7, 11) is 0. The fraction of sp³-hybridized carbons (Fsp3) is 1.00. The summed E-state index contributed by atoms with van der Waals surface area (Å²) in [6.45, 7) is 2.57. The molecule has 0 aromatic heterocycles. The minimum absolute atomic E-state index is 0. The summed E-state index contributed by atoms with van der Waals surface area (Å²) in [6, 6.07) is 0. The van der Waals surface area contributed by atoms with Crippen LogP contribution in [0.5, 0.6) is 0 Å². The lowest BCUT2D eigenvalue weighted by Crippen LogP contribution is -2.37. The first kappa shape index (κ1) is 9.48. The Morgan fingerprint density at radius 2 is 1.67 bits per heavy atom. The molecule has 0 heterocycles. The lowest BCUT2D eigenvalue weighted by molar-refractivity contribution is 0.311. The maximum atomic E-state index is 4.90. The number of hydrogen-bond donors (Lipinski definition) is 2. The second-order valence-electron chi connectivity index (χ2n) is 0.830. The highest BCUT2D eigenvalue weighted by Gasteiger charge is 1.72. The molecule has 0 aromatic carbocycles. The quantitative estimate of drug-likeness (QED) is 0.354. The first-order chi connectivity index (χ1) is 2.27. The molecule has 0 unspecified atom stereocenters. The molecule has 0 saturated heterocycles. The van der Waals surface area contributed by atoms with E-state index >= 15 is 0 Å². The van der Waals surface area contributed by atoms with Crippen molar-refractivity contribution in [2.45, 2.75) is 6.92 Å². The van der Waals surface area contributed by atoms with Crippen molar-refractivity contribution in [3.05, 3.63) is 0 Å². The molecule has 6 heavy (non-hydrogen) atoms. The Balaban J connectivity index is 0. The summed E-state index contributed by atoms with van der Waals surface area (Å²) < 4.78 is 0. The van der Waals surface area contributed by atoms with Gasteiger partial charge in [-0.05, 0) is 6.92 Å². The largest absolute Gasteiger partial charge is 0.255 e. The molecule has 4 heteroatoms. The van der Waals surface area contributed by atoms with Crippen molar-refractivity contribution < 1.29 is 0 Å². The molecule has 0 amide bonds. The highest BCUT2D eigenvalue weighted by Crippen LogP contribution is 1.51. The first-order valence-electron chi connectivity index (χ1n) is 1.54. The van der Waals surface area contributed by atoms with Crippen molar-refractivity contribution in [2.75, 3.05) is 6.54 Å². The van der Waals surface area contributed by atoms with E-state index in [1.165, 1.54) is 0 Å². The monoisotopic (exact) mass is 111 g/mol. The van der Waals surface area contributed by atoms with Gasteiger partial charge in [-0.25, -0.2) is 0 Å². The number of nitrogens with zero attached hydrogens (tertiary/aromatic N) is 1. The summed E-state index contributed by atoms with van der Waals surface area (Å²) in [5.41, 5.74) is 0. The van der Waals surface area contributed by atoms with E-state index in [2.05, 4.69) is 0 Å². The second-order valence-corrected chi connectivity index (χ2v) is 0.830. The van der Waals surface area contributed by atoms with Gasteiger partial charge in [-0.1, -0.05) is 0 Å². The van der Waals surface area contributed by atoms with Crippen molar-refractivity contribution in [1.29, 1.82) is 0 Å². The lowest BCUT2D eigenvalue weighted by atomic mass is 10.8. The van der Waals surface area contributed by atoms with Gasteiger partial charge in [0, 0.05) is 6.54 Å². The van der Waals surface area contributed by atoms with E-state index in [0.29, 0.717) is 6.54 Å². The molecule has 0 aliphatic heterocycles. The Bertz CT molecular complexity index is 22.8. The van der Waals surface area contributed by atoms with Crippen molar-refractivity contribution in [1.82, 2.24) is 5.12 Å². The first-order valence-corrected chi connectivity index (χ1v) is 1.54. The molecular formula is C2H10ClN3. The van der Waals surface area contributed by atoms with Crippen LogP contribution in [0.15, 0.2) is 0 Å². The topological polar surface area (TPSA) is 55.3 Å². The highest BCUT2D eigenvalue weighted by molar-refractivity contribution is 5.85. The van der Waals surface area contributed by atoms with Crippen LogP contribution in [0.3, 0.4) is 0 Å². The molecule has 0 aromatic rings. The van der Waals surface area contributed by atoms with Crippen molar-refractivity contribution in [3.8, 4) is 0 Å². The molecule has 0 aliphatic rings. The predicted octanol–water partition coefficient (Wildman–Crippen LogP) is -0.523. The maximum Gasteiger partial charge on any atom is 0.0254 e. The summed E-state index contributed by atoms with van der Waals surface area (Å²) in [6.07, 6.45) is 0. The zero-order valence-corrected chi connectivity index (χ0v) is 4.53. The third-order valence-corrected chi connectivity index (χ3v) is 0.365. The van der Waals surface area contributed by atoms with Gasteiger partial charge in [0.05, 0.1) is 0 Å². The molecular weight excluding hydrogens is 101 g/mol.